The number of methoxy groups -OCH3 is 1. The van der Waals surface area contributed by atoms with Crippen molar-refractivity contribution in [2.45, 2.75) is 13.8 Å². The van der Waals surface area contributed by atoms with Gasteiger partial charge in [-0.05, 0) is 36.4 Å². The fourth-order valence-corrected chi connectivity index (χ4v) is 2.57. The van der Waals surface area contributed by atoms with Crippen molar-refractivity contribution in [3.05, 3.63) is 54.1 Å². The average molecular weight is 369 g/mol. The first-order valence-electron chi connectivity index (χ1n) is 8.48. The predicted molar refractivity (Wildman–Crippen MR) is 104 cm³/mol. The van der Waals surface area contributed by atoms with Crippen LogP contribution in [0.15, 0.2) is 48.5 Å². The Labute approximate surface area is 158 Å². The number of ether oxygens (including phenoxy) is 1. The van der Waals surface area contributed by atoms with Gasteiger partial charge in [0.25, 0.3) is 5.91 Å². The molecule has 2 rings (SSSR count). The number of rotatable bonds is 7. The van der Waals surface area contributed by atoms with E-state index >= 15 is 0 Å². The first-order valence-corrected chi connectivity index (χ1v) is 8.48. The summed E-state index contributed by atoms with van der Waals surface area (Å²) in [7, 11) is 1.54. The van der Waals surface area contributed by atoms with E-state index < -0.39 is 0 Å². The minimum Gasteiger partial charge on any atom is -0.497 e. The van der Waals surface area contributed by atoms with E-state index in [0.717, 1.165) is 0 Å². The van der Waals surface area contributed by atoms with Crippen molar-refractivity contribution < 1.29 is 19.1 Å². The van der Waals surface area contributed by atoms with Crippen LogP contribution in [-0.2, 0) is 9.59 Å². The molecule has 0 spiro atoms. The van der Waals surface area contributed by atoms with Crippen LogP contribution in [-0.4, -0.2) is 37.9 Å². The maximum Gasteiger partial charge on any atom is 0.251 e. The van der Waals surface area contributed by atoms with Gasteiger partial charge in [-0.3, -0.25) is 14.4 Å². The Morgan fingerprint density at radius 3 is 2.44 bits per heavy atom. The fourth-order valence-electron chi connectivity index (χ4n) is 2.57. The molecule has 0 saturated heterocycles. The second-order valence-corrected chi connectivity index (χ2v) is 5.89. The molecule has 2 aromatic rings. The van der Waals surface area contributed by atoms with Gasteiger partial charge in [0.15, 0.2) is 0 Å². The molecule has 0 aliphatic rings. The molecule has 0 fully saturated rings. The Hall–Kier alpha value is -3.35. The van der Waals surface area contributed by atoms with Crippen LogP contribution in [0, 0.1) is 0 Å². The molecule has 0 saturated carbocycles. The van der Waals surface area contributed by atoms with Crippen LogP contribution in [0.1, 0.15) is 24.2 Å². The molecule has 0 heterocycles. The Kier molecular flexibility index (Phi) is 6.93. The molecule has 3 amide bonds. The van der Waals surface area contributed by atoms with Gasteiger partial charge in [-0.25, -0.2) is 0 Å². The third-order valence-corrected chi connectivity index (χ3v) is 3.81. The molecule has 2 aromatic carbocycles. The van der Waals surface area contributed by atoms with E-state index in [4.69, 9.17) is 4.74 Å². The summed E-state index contributed by atoms with van der Waals surface area (Å²) in [6.45, 7) is 3.45. The number of nitrogens with zero attached hydrogens (tertiary/aromatic N) is 1. The number of carbonyl (C=O) groups is 3. The van der Waals surface area contributed by atoms with E-state index in [1.165, 1.54) is 25.9 Å². The van der Waals surface area contributed by atoms with Crippen LogP contribution >= 0.6 is 0 Å². The summed E-state index contributed by atoms with van der Waals surface area (Å²) in [5.41, 5.74) is 1.73. The number of benzene rings is 2. The molecule has 0 atom stereocenters. The van der Waals surface area contributed by atoms with Crippen molar-refractivity contribution >= 4 is 29.1 Å². The molecule has 0 unspecified atom stereocenters. The zero-order valence-corrected chi connectivity index (χ0v) is 15.6. The van der Waals surface area contributed by atoms with Crippen molar-refractivity contribution in [1.82, 2.24) is 5.32 Å². The molecule has 27 heavy (non-hydrogen) atoms. The van der Waals surface area contributed by atoms with Gasteiger partial charge in [0.1, 0.15) is 5.75 Å². The molecule has 0 aliphatic heterocycles. The van der Waals surface area contributed by atoms with Gasteiger partial charge in [0.2, 0.25) is 11.8 Å². The van der Waals surface area contributed by atoms with Crippen molar-refractivity contribution in [2.75, 3.05) is 30.4 Å². The highest BCUT2D eigenvalue weighted by Crippen LogP contribution is 2.19. The molecular weight excluding hydrogens is 346 g/mol. The van der Waals surface area contributed by atoms with Gasteiger partial charge in [0.05, 0.1) is 7.11 Å². The van der Waals surface area contributed by atoms with Crippen LogP contribution in [0.25, 0.3) is 0 Å². The van der Waals surface area contributed by atoms with E-state index in [0.29, 0.717) is 29.2 Å². The normalized spacial score (nSPS) is 10.0. The lowest BCUT2D eigenvalue weighted by atomic mass is 10.2. The molecular formula is C20H23N3O4. The number of carbonyl (C=O) groups excluding carboxylic acids is 3. The molecule has 0 aliphatic carbocycles. The molecule has 7 nitrogen and oxygen atoms in total. The highest BCUT2D eigenvalue weighted by molar-refractivity contribution is 5.95. The van der Waals surface area contributed by atoms with Crippen molar-refractivity contribution in [2.24, 2.45) is 0 Å². The third kappa shape index (κ3) is 5.85. The lowest BCUT2D eigenvalue weighted by molar-refractivity contribution is -0.116. The van der Waals surface area contributed by atoms with Crippen molar-refractivity contribution in [3.8, 4) is 5.75 Å². The monoisotopic (exact) mass is 369 g/mol. The lowest BCUT2D eigenvalue weighted by Gasteiger charge is -2.22. The third-order valence-electron chi connectivity index (χ3n) is 3.81. The van der Waals surface area contributed by atoms with Crippen molar-refractivity contribution in [3.63, 3.8) is 0 Å². The first-order chi connectivity index (χ1) is 12.9. The topological polar surface area (TPSA) is 87.7 Å². The standard InChI is InChI=1S/C20H23N3O4/c1-14(24)22-17-7-5-8-18(13-17)23(15(2)25)11-10-21-20(26)16-6-4-9-19(12-16)27-3/h4-9,12-13H,10-11H2,1-3H3,(H,21,26)(H,22,24). The molecule has 0 aromatic heterocycles. The highest BCUT2D eigenvalue weighted by Gasteiger charge is 2.13. The van der Waals surface area contributed by atoms with E-state index in [2.05, 4.69) is 10.6 Å². The SMILES string of the molecule is COc1cccc(C(=O)NCCN(C(C)=O)c2cccc(NC(C)=O)c2)c1. The summed E-state index contributed by atoms with van der Waals surface area (Å²) >= 11 is 0. The van der Waals surface area contributed by atoms with E-state index in [1.54, 1.807) is 48.5 Å². The summed E-state index contributed by atoms with van der Waals surface area (Å²) in [5.74, 6) is 0.00452. The van der Waals surface area contributed by atoms with Gasteiger partial charge in [0, 0.05) is 43.9 Å². The van der Waals surface area contributed by atoms with Crippen molar-refractivity contribution in [1.29, 1.82) is 0 Å². The quantitative estimate of drug-likeness (QED) is 0.785. The predicted octanol–water partition coefficient (Wildman–Crippen LogP) is 2.44. The van der Waals surface area contributed by atoms with Gasteiger partial charge in [-0.1, -0.05) is 12.1 Å². The summed E-state index contributed by atoms with van der Waals surface area (Å²) in [6, 6.07) is 13.8. The minimum atomic E-state index is -0.246. The first kappa shape index (κ1) is 20.0. The van der Waals surface area contributed by atoms with Crippen LogP contribution in [0.2, 0.25) is 0 Å². The number of anilines is 2. The smallest absolute Gasteiger partial charge is 0.251 e. The molecule has 142 valence electrons. The van der Waals surface area contributed by atoms with Crippen LogP contribution in [0.4, 0.5) is 11.4 Å². The molecule has 2 N–H and O–H groups in total. The fraction of sp³-hybridized carbons (Fsp3) is 0.250. The number of nitrogens with one attached hydrogen (secondary N) is 2. The molecule has 0 radical (unpaired) electrons. The van der Waals surface area contributed by atoms with Crippen LogP contribution in [0.3, 0.4) is 0 Å². The number of amides is 3. The minimum absolute atomic E-state index is 0.161. The Morgan fingerprint density at radius 2 is 1.78 bits per heavy atom. The summed E-state index contributed by atoms with van der Waals surface area (Å²) in [5, 5.41) is 5.48. The lowest BCUT2D eigenvalue weighted by Crippen LogP contribution is -2.37. The van der Waals surface area contributed by atoms with E-state index in [9.17, 15) is 14.4 Å². The van der Waals surface area contributed by atoms with Gasteiger partial charge >= 0.3 is 0 Å². The summed E-state index contributed by atoms with van der Waals surface area (Å²) in [6.07, 6.45) is 0. The van der Waals surface area contributed by atoms with E-state index in [-0.39, 0.29) is 24.3 Å². The van der Waals surface area contributed by atoms with Gasteiger partial charge in [-0.2, -0.15) is 0 Å². The maximum atomic E-state index is 12.3. The average Bonchev–Trinajstić information content (AvgIpc) is 2.64. The number of hydrogen-bond acceptors (Lipinski definition) is 4. The largest absolute Gasteiger partial charge is 0.497 e. The summed E-state index contributed by atoms with van der Waals surface area (Å²) in [4.78, 5) is 37.0. The zero-order chi connectivity index (χ0) is 19.8. The Balaban J connectivity index is 2.01. The maximum absolute atomic E-state index is 12.3. The zero-order valence-electron chi connectivity index (χ0n) is 15.6. The van der Waals surface area contributed by atoms with E-state index in [1.807, 2.05) is 0 Å². The van der Waals surface area contributed by atoms with Gasteiger partial charge < -0.3 is 20.3 Å². The highest BCUT2D eigenvalue weighted by atomic mass is 16.5. The number of hydrogen-bond donors (Lipinski definition) is 2. The van der Waals surface area contributed by atoms with Gasteiger partial charge in [-0.15, -0.1) is 0 Å². The second-order valence-electron chi connectivity index (χ2n) is 5.89. The van der Waals surface area contributed by atoms with Crippen LogP contribution < -0.4 is 20.3 Å². The molecule has 7 heteroatoms. The second kappa shape index (κ2) is 9.38. The Bertz CT molecular complexity index is 835. The Morgan fingerprint density at radius 1 is 1.04 bits per heavy atom. The molecule has 0 bridgehead atoms. The summed E-state index contributed by atoms with van der Waals surface area (Å²) < 4.78 is 5.11. The van der Waals surface area contributed by atoms with Crippen LogP contribution in [0.5, 0.6) is 5.75 Å².